The largest absolute Gasteiger partial charge is 0.405 e. The molecule has 2 rings (SSSR count). The van der Waals surface area contributed by atoms with Gasteiger partial charge in [-0.3, -0.25) is 4.79 Å². The van der Waals surface area contributed by atoms with Gasteiger partial charge >= 0.3 is 6.18 Å². The average Bonchev–Trinajstić information content (AvgIpc) is 2.96. The van der Waals surface area contributed by atoms with Gasteiger partial charge in [-0.15, -0.1) is 12.4 Å². The number of sulfonamides is 1. The van der Waals surface area contributed by atoms with Gasteiger partial charge in [0.05, 0.1) is 4.90 Å². The van der Waals surface area contributed by atoms with E-state index in [2.05, 4.69) is 10.0 Å². The van der Waals surface area contributed by atoms with Crippen LogP contribution >= 0.6 is 12.4 Å². The first-order valence-electron chi connectivity index (χ1n) is 6.85. The second-order valence-corrected chi connectivity index (χ2v) is 6.85. The van der Waals surface area contributed by atoms with Crippen LogP contribution in [0.15, 0.2) is 29.2 Å². The Labute approximate surface area is 143 Å². The van der Waals surface area contributed by atoms with E-state index < -0.39 is 28.7 Å². The average molecular weight is 388 g/mol. The Morgan fingerprint density at radius 2 is 1.88 bits per heavy atom. The fourth-order valence-corrected chi connectivity index (χ4v) is 3.38. The van der Waals surface area contributed by atoms with E-state index in [9.17, 15) is 26.4 Å². The first-order chi connectivity index (χ1) is 10.7. The summed E-state index contributed by atoms with van der Waals surface area (Å²) in [5, 5.41) is 4.74. The van der Waals surface area contributed by atoms with Crippen molar-refractivity contribution in [3.8, 4) is 0 Å². The molecule has 0 saturated carbocycles. The maximum absolute atomic E-state index is 12.1. The van der Waals surface area contributed by atoms with Gasteiger partial charge in [-0.1, -0.05) is 0 Å². The fraction of sp³-hybridized carbons (Fsp3) is 0.462. The molecule has 136 valence electrons. The summed E-state index contributed by atoms with van der Waals surface area (Å²) in [6.45, 7) is -0.176. The molecule has 1 aromatic rings. The zero-order valence-electron chi connectivity index (χ0n) is 12.4. The Kier molecular flexibility index (Phi) is 7.02. The second-order valence-electron chi connectivity index (χ2n) is 5.13. The first kappa shape index (κ1) is 20.7. The van der Waals surface area contributed by atoms with Crippen LogP contribution in [-0.4, -0.2) is 46.2 Å². The van der Waals surface area contributed by atoms with E-state index in [0.717, 1.165) is 6.54 Å². The van der Waals surface area contributed by atoms with Crippen molar-refractivity contribution in [1.82, 2.24) is 15.4 Å². The van der Waals surface area contributed by atoms with Crippen LogP contribution in [0.2, 0.25) is 0 Å². The molecular formula is C13H17ClF3N3O3S. The normalized spacial score (nSPS) is 18.0. The van der Waals surface area contributed by atoms with Crippen molar-refractivity contribution in [2.24, 2.45) is 0 Å². The molecule has 24 heavy (non-hydrogen) atoms. The van der Waals surface area contributed by atoms with E-state index in [0.29, 0.717) is 13.0 Å². The highest BCUT2D eigenvalue weighted by Gasteiger charge is 2.28. The molecule has 1 aliphatic heterocycles. The van der Waals surface area contributed by atoms with Crippen molar-refractivity contribution in [3.63, 3.8) is 0 Å². The van der Waals surface area contributed by atoms with Crippen molar-refractivity contribution in [3.05, 3.63) is 29.8 Å². The van der Waals surface area contributed by atoms with Crippen LogP contribution in [0.3, 0.4) is 0 Å². The summed E-state index contributed by atoms with van der Waals surface area (Å²) in [5.41, 5.74) is -0.0456. The topological polar surface area (TPSA) is 87.3 Å². The van der Waals surface area contributed by atoms with Gasteiger partial charge in [0.2, 0.25) is 10.0 Å². The highest BCUT2D eigenvalue weighted by molar-refractivity contribution is 7.89. The van der Waals surface area contributed by atoms with Crippen LogP contribution in [0.25, 0.3) is 0 Å². The molecule has 6 nitrogen and oxygen atoms in total. The minimum Gasteiger partial charge on any atom is -0.343 e. The lowest BCUT2D eigenvalue weighted by Crippen LogP contribution is -2.36. The number of rotatable bonds is 5. The molecule has 1 amide bonds. The Balaban J connectivity index is 0.00000288. The Morgan fingerprint density at radius 3 is 2.38 bits per heavy atom. The molecule has 0 aliphatic carbocycles. The molecule has 11 heteroatoms. The highest BCUT2D eigenvalue weighted by Crippen LogP contribution is 2.14. The lowest BCUT2D eigenvalue weighted by Gasteiger charge is -2.12. The van der Waals surface area contributed by atoms with Crippen molar-refractivity contribution < 1.29 is 26.4 Å². The number of amides is 1. The number of carbonyl (C=O) groups is 1. The molecule has 1 saturated heterocycles. The quantitative estimate of drug-likeness (QED) is 0.704. The van der Waals surface area contributed by atoms with E-state index in [1.807, 2.05) is 0 Å². The number of halogens is 4. The summed E-state index contributed by atoms with van der Waals surface area (Å²) in [4.78, 5) is 11.5. The third-order valence-corrected chi connectivity index (χ3v) is 4.79. The molecule has 1 unspecified atom stereocenters. The molecule has 0 aromatic heterocycles. The highest BCUT2D eigenvalue weighted by atomic mass is 35.5. The van der Waals surface area contributed by atoms with Gasteiger partial charge in [0.15, 0.2) is 0 Å². The predicted molar refractivity (Wildman–Crippen MR) is 83.7 cm³/mol. The predicted octanol–water partition coefficient (Wildman–Crippen LogP) is 1.04. The summed E-state index contributed by atoms with van der Waals surface area (Å²) < 4.78 is 62.9. The third-order valence-electron chi connectivity index (χ3n) is 3.26. The smallest absolute Gasteiger partial charge is 0.343 e. The molecule has 0 spiro atoms. The fourth-order valence-electron chi connectivity index (χ4n) is 2.11. The van der Waals surface area contributed by atoms with Gasteiger partial charge in [-0.2, -0.15) is 13.2 Å². The van der Waals surface area contributed by atoms with Gasteiger partial charge in [0, 0.05) is 18.2 Å². The lowest BCUT2D eigenvalue weighted by molar-refractivity contribution is -0.123. The molecule has 1 aromatic carbocycles. The van der Waals surface area contributed by atoms with Gasteiger partial charge in [0.25, 0.3) is 5.91 Å². The van der Waals surface area contributed by atoms with E-state index in [4.69, 9.17) is 0 Å². The molecule has 1 fully saturated rings. The Morgan fingerprint density at radius 1 is 1.25 bits per heavy atom. The molecule has 3 N–H and O–H groups in total. The van der Waals surface area contributed by atoms with Gasteiger partial charge in [-0.05, 0) is 37.2 Å². The van der Waals surface area contributed by atoms with E-state index in [1.54, 1.807) is 5.32 Å². The standard InChI is InChI=1S/C13H16F3N3O3S.ClH/c14-13(15,16)8-18-12(20)9-1-3-11(4-2-9)23(21,22)19-10-5-6-17-7-10;/h1-4,10,17,19H,5-8H2,(H,18,20);1H. The van der Waals surface area contributed by atoms with Crippen molar-refractivity contribution in [2.75, 3.05) is 19.6 Å². The van der Waals surface area contributed by atoms with Crippen LogP contribution in [-0.2, 0) is 10.0 Å². The van der Waals surface area contributed by atoms with Crippen molar-refractivity contribution in [2.45, 2.75) is 23.5 Å². The number of hydrogen-bond acceptors (Lipinski definition) is 4. The third kappa shape index (κ3) is 5.93. The SMILES string of the molecule is Cl.O=C(NCC(F)(F)F)c1ccc(S(=O)(=O)NC2CCNC2)cc1. The molecule has 0 radical (unpaired) electrons. The van der Waals surface area contributed by atoms with Crippen molar-refractivity contribution in [1.29, 1.82) is 0 Å². The number of nitrogens with one attached hydrogen (secondary N) is 3. The zero-order chi connectivity index (χ0) is 17.1. The minimum atomic E-state index is -4.50. The van der Waals surface area contributed by atoms with Gasteiger partial charge in [0.1, 0.15) is 6.54 Å². The van der Waals surface area contributed by atoms with Crippen LogP contribution in [0, 0.1) is 0 Å². The molecule has 1 atom stereocenters. The Bertz CT molecular complexity index is 659. The Hall–Kier alpha value is -1.36. The summed E-state index contributed by atoms with van der Waals surface area (Å²) in [6, 6.07) is 4.52. The first-order valence-corrected chi connectivity index (χ1v) is 8.34. The van der Waals surface area contributed by atoms with Gasteiger partial charge in [-0.25, -0.2) is 13.1 Å². The van der Waals surface area contributed by atoms with Crippen molar-refractivity contribution >= 4 is 28.3 Å². The maximum Gasteiger partial charge on any atom is 0.405 e. The summed E-state index contributed by atoms with van der Waals surface area (Å²) in [7, 11) is -3.72. The molecular weight excluding hydrogens is 371 g/mol. The number of carbonyl (C=O) groups excluding carboxylic acids is 1. The second kappa shape index (κ2) is 8.15. The summed E-state index contributed by atoms with van der Waals surface area (Å²) in [6.07, 6.45) is -3.82. The number of hydrogen-bond donors (Lipinski definition) is 3. The van der Waals surface area contributed by atoms with E-state index in [1.165, 1.54) is 24.3 Å². The molecule has 1 heterocycles. The van der Waals surface area contributed by atoms with E-state index in [-0.39, 0.29) is 28.9 Å². The summed E-state index contributed by atoms with van der Waals surface area (Å²) >= 11 is 0. The maximum atomic E-state index is 12.1. The number of alkyl halides is 3. The van der Waals surface area contributed by atoms with Gasteiger partial charge < -0.3 is 10.6 Å². The van der Waals surface area contributed by atoms with E-state index >= 15 is 0 Å². The molecule has 1 aliphatic rings. The molecule has 0 bridgehead atoms. The summed E-state index contributed by atoms with van der Waals surface area (Å²) in [5.74, 6) is -0.917. The number of benzene rings is 1. The minimum absolute atomic E-state index is 0. The van der Waals surface area contributed by atoms with Crippen LogP contribution in [0.5, 0.6) is 0 Å². The van der Waals surface area contributed by atoms with Crippen LogP contribution in [0.4, 0.5) is 13.2 Å². The monoisotopic (exact) mass is 387 g/mol. The van der Waals surface area contributed by atoms with Crippen LogP contribution < -0.4 is 15.4 Å². The lowest BCUT2D eigenvalue weighted by atomic mass is 10.2. The zero-order valence-corrected chi connectivity index (χ0v) is 14.0. The van der Waals surface area contributed by atoms with Crippen LogP contribution in [0.1, 0.15) is 16.8 Å².